The Labute approximate surface area is 136 Å². The van der Waals surface area contributed by atoms with E-state index in [-0.39, 0.29) is 0 Å². The minimum Gasteiger partial charge on any atom is -0.371 e. The van der Waals surface area contributed by atoms with E-state index in [2.05, 4.69) is 58.4 Å². The van der Waals surface area contributed by atoms with Crippen LogP contribution < -0.4 is 4.90 Å². The van der Waals surface area contributed by atoms with Crippen molar-refractivity contribution >= 4 is 16.6 Å². The molecule has 0 bridgehead atoms. The standard InChI is InChI=1S/C19H22N4/c1-14-11-19(17-5-3-4-6-18(17)21-14)23-9-7-15(8-10-23)16-12-20-22(2)13-16/h3-6,11-13,15H,7-10H2,1-2H3. The van der Waals surface area contributed by atoms with E-state index < -0.39 is 0 Å². The van der Waals surface area contributed by atoms with Crippen LogP contribution in [0.3, 0.4) is 0 Å². The summed E-state index contributed by atoms with van der Waals surface area (Å²) in [5.41, 5.74) is 4.89. The number of pyridine rings is 1. The number of aromatic nitrogens is 3. The predicted octanol–water partition coefficient (Wildman–Crippen LogP) is 3.66. The summed E-state index contributed by atoms with van der Waals surface area (Å²) in [6.45, 7) is 4.26. The molecular formula is C19H22N4. The van der Waals surface area contributed by atoms with Gasteiger partial charge in [-0.3, -0.25) is 9.67 Å². The minimum absolute atomic E-state index is 0.633. The maximum absolute atomic E-state index is 4.66. The van der Waals surface area contributed by atoms with Crippen LogP contribution in [-0.2, 0) is 7.05 Å². The number of anilines is 1. The van der Waals surface area contributed by atoms with E-state index in [4.69, 9.17) is 0 Å². The maximum Gasteiger partial charge on any atom is 0.0726 e. The van der Waals surface area contributed by atoms with Crippen LogP contribution in [0, 0.1) is 6.92 Å². The summed E-state index contributed by atoms with van der Waals surface area (Å²) in [4.78, 5) is 7.18. The van der Waals surface area contributed by atoms with Crippen LogP contribution >= 0.6 is 0 Å². The molecule has 0 atom stereocenters. The van der Waals surface area contributed by atoms with E-state index in [1.54, 1.807) is 0 Å². The van der Waals surface area contributed by atoms with Gasteiger partial charge in [0, 0.05) is 43.1 Å². The van der Waals surface area contributed by atoms with Crippen molar-refractivity contribution in [3.8, 4) is 0 Å². The summed E-state index contributed by atoms with van der Waals surface area (Å²) in [5, 5.41) is 5.58. The number of rotatable bonds is 2. The second-order valence-electron chi connectivity index (χ2n) is 6.51. The average molecular weight is 306 g/mol. The first-order valence-electron chi connectivity index (χ1n) is 8.30. The Morgan fingerprint density at radius 2 is 1.91 bits per heavy atom. The van der Waals surface area contributed by atoms with Crippen molar-refractivity contribution in [2.75, 3.05) is 18.0 Å². The summed E-state index contributed by atoms with van der Waals surface area (Å²) < 4.78 is 1.90. The van der Waals surface area contributed by atoms with E-state index in [0.29, 0.717) is 5.92 Å². The van der Waals surface area contributed by atoms with Crippen molar-refractivity contribution in [3.05, 3.63) is 54.0 Å². The maximum atomic E-state index is 4.66. The third kappa shape index (κ3) is 2.69. The topological polar surface area (TPSA) is 34.0 Å². The van der Waals surface area contributed by atoms with E-state index in [1.807, 2.05) is 17.9 Å². The van der Waals surface area contributed by atoms with Gasteiger partial charge >= 0.3 is 0 Å². The second kappa shape index (κ2) is 5.69. The number of hydrogen-bond donors (Lipinski definition) is 0. The van der Waals surface area contributed by atoms with Crippen molar-refractivity contribution in [3.63, 3.8) is 0 Å². The SMILES string of the molecule is Cc1cc(N2CCC(c3cnn(C)c3)CC2)c2ccccc2n1. The van der Waals surface area contributed by atoms with Crippen molar-refractivity contribution in [1.29, 1.82) is 0 Å². The lowest BCUT2D eigenvalue weighted by Crippen LogP contribution is -2.33. The Bertz CT molecular complexity index is 828. The molecule has 1 fully saturated rings. The molecule has 0 aliphatic carbocycles. The van der Waals surface area contributed by atoms with Crippen molar-refractivity contribution in [1.82, 2.24) is 14.8 Å². The molecule has 2 aromatic heterocycles. The largest absolute Gasteiger partial charge is 0.371 e. The fraction of sp³-hybridized carbons (Fsp3) is 0.368. The van der Waals surface area contributed by atoms with Gasteiger partial charge in [0.25, 0.3) is 0 Å². The molecule has 0 amide bonds. The smallest absolute Gasteiger partial charge is 0.0726 e. The van der Waals surface area contributed by atoms with E-state index in [1.165, 1.54) is 29.5 Å². The molecule has 0 saturated carbocycles. The van der Waals surface area contributed by atoms with Gasteiger partial charge in [-0.05, 0) is 43.4 Å². The molecule has 0 radical (unpaired) electrons. The molecule has 1 saturated heterocycles. The highest BCUT2D eigenvalue weighted by molar-refractivity contribution is 5.92. The lowest BCUT2D eigenvalue weighted by Gasteiger charge is -2.34. The average Bonchev–Trinajstić information content (AvgIpc) is 3.01. The Kier molecular flexibility index (Phi) is 3.52. The predicted molar refractivity (Wildman–Crippen MR) is 93.9 cm³/mol. The quantitative estimate of drug-likeness (QED) is 0.724. The fourth-order valence-corrected chi connectivity index (χ4v) is 3.65. The lowest BCUT2D eigenvalue weighted by atomic mass is 9.91. The zero-order valence-corrected chi connectivity index (χ0v) is 13.7. The number of nitrogens with zero attached hydrogens (tertiary/aromatic N) is 4. The van der Waals surface area contributed by atoms with Crippen molar-refractivity contribution < 1.29 is 0 Å². The molecule has 0 N–H and O–H groups in total. The van der Waals surface area contributed by atoms with E-state index in [0.717, 1.165) is 24.3 Å². The number of para-hydroxylation sites is 1. The third-order valence-electron chi connectivity index (χ3n) is 4.85. The highest BCUT2D eigenvalue weighted by Crippen LogP contribution is 2.33. The fourth-order valence-electron chi connectivity index (χ4n) is 3.65. The van der Waals surface area contributed by atoms with Crippen LogP contribution in [0.25, 0.3) is 10.9 Å². The van der Waals surface area contributed by atoms with Gasteiger partial charge in [-0.25, -0.2) is 0 Å². The minimum atomic E-state index is 0.633. The number of benzene rings is 1. The zero-order chi connectivity index (χ0) is 15.8. The second-order valence-corrected chi connectivity index (χ2v) is 6.51. The molecule has 0 unspecified atom stereocenters. The summed E-state index contributed by atoms with van der Waals surface area (Å²) >= 11 is 0. The summed E-state index contributed by atoms with van der Waals surface area (Å²) in [5.74, 6) is 0.633. The normalized spacial score (nSPS) is 16.2. The van der Waals surface area contributed by atoms with Crippen LogP contribution in [0.2, 0.25) is 0 Å². The molecule has 0 spiro atoms. The molecule has 4 rings (SSSR count). The van der Waals surface area contributed by atoms with Crippen LogP contribution in [0.15, 0.2) is 42.7 Å². The van der Waals surface area contributed by atoms with Crippen LogP contribution in [0.4, 0.5) is 5.69 Å². The molecule has 118 valence electrons. The summed E-state index contributed by atoms with van der Waals surface area (Å²) in [6, 6.07) is 10.7. The Hall–Kier alpha value is -2.36. The molecule has 1 aromatic carbocycles. The molecule has 23 heavy (non-hydrogen) atoms. The zero-order valence-electron chi connectivity index (χ0n) is 13.7. The molecule has 3 heterocycles. The molecule has 1 aliphatic heterocycles. The highest BCUT2D eigenvalue weighted by atomic mass is 15.2. The Balaban J connectivity index is 1.59. The van der Waals surface area contributed by atoms with Gasteiger partial charge in [0.2, 0.25) is 0 Å². The van der Waals surface area contributed by atoms with Crippen molar-refractivity contribution in [2.24, 2.45) is 7.05 Å². The molecule has 4 heteroatoms. The van der Waals surface area contributed by atoms with Gasteiger partial charge in [-0.2, -0.15) is 5.10 Å². The number of fused-ring (bicyclic) bond motifs is 1. The van der Waals surface area contributed by atoms with Crippen LogP contribution in [-0.4, -0.2) is 27.9 Å². The van der Waals surface area contributed by atoms with Crippen LogP contribution in [0.1, 0.15) is 30.0 Å². The first-order valence-corrected chi connectivity index (χ1v) is 8.30. The van der Waals surface area contributed by atoms with E-state index in [9.17, 15) is 0 Å². The first-order chi connectivity index (χ1) is 11.2. The summed E-state index contributed by atoms with van der Waals surface area (Å²) in [6.07, 6.45) is 6.54. The van der Waals surface area contributed by atoms with Gasteiger partial charge in [0.1, 0.15) is 0 Å². The first kappa shape index (κ1) is 14.2. The highest BCUT2D eigenvalue weighted by Gasteiger charge is 2.23. The van der Waals surface area contributed by atoms with Gasteiger partial charge in [-0.15, -0.1) is 0 Å². The number of aryl methyl sites for hydroxylation is 2. The Morgan fingerprint density at radius 3 is 2.65 bits per heavy atom. The molecule has 4 nitrogen and oxygen atoms in total. The molecular weight excluding hydrogens is 284 g/mol. The molecule has 3 aromatic rings. The monoisotopic (exact) mass is 306 g/mol. The van der Waals surface area contributed by atoms with Gasteiger partial charge in [-0.1, -0.05) is 18.2 Å². The van der Waals surface area contributed by atoms with Gasteiger partial charge in [0.15, 0.2) is 0 Å². The van der Waals surface area contributed by atoms with Crippen LogP contribution in [0.5, 0.6) is 0 Å². The van der Waals surface area contributed by atoms with Gasteiger partial charge < -0.3 is 4.90 Å². The van der Waals surface area contributed by atoms with Crippen molar-refractivity contribution in [2.45, 2.75) is 25.7 Å². The molecule has 1 aliphatic rings. The third-order valence-corrected chi connectivity index (χ3v) is 4.85. The Morgan fingerprint density at radius 1 is 1.13 bits per heavy atom. The number of piperidine rings is 1. The number of hydrogen-bond acceptors (Lipinski definition) is 3. The lowest BCUT2D eigenvalue weighted by molar-refractivity contribution is 0.506. The van der Waals surface area contributed by atoms with Gasteiger partial charge in [0.05, 0.1) is 11.7 Å². The summed E-state index contributed by atoms with van der Waals surface area (Å²) in [7, 11) is 1.99. The van der Waals surface area contributed by atoms with E-state index >= 15 is 0 Å².